The number of halogens is 1. The minimum absolute atomic E-state index is 0.284. The smallest absolute Gasteiger partial charge is 0.311 e. The number of carbonyl (C=O) groups is 1. The molecular formula is C14H14ClNO2. The number of hydrogen-bond donors (Lipinski definition) is 1. The first-order chi connectivity index (χ1) is 8.58. The number of benzene rings is 1. The number of aromatic nitrogens is 1. The van der Waals surface area contributed by atoms with E-state index >= 15 is 0 Å². The lowest BCUT2D eigenvalue weighted by Crippen LogP contribution is -2.13. The lowest BCUT2D eigenvalue weighted by molar-refractivity contribution is -0.139. The third-order valence-electron chi connectivity index (χ3n) is 3.68. The van der Waals surface area contributed by atoms with Crippen LogP contribution in [0.15, 0.2) is 24.4 Å². The predicted molar refractivity (Wildman–Crippen MR) is 71.0 cm³/mol. The molecule has 1 fully saturated rings. The van der Waals surface area contributed by atoms with E-state index in [0.717, 1.165) is 29.3 Å². The molecule has 1 heterocycles. The molecule has 0 spiro atoms. The molecule has 1 aliphatic carbocycles. The molecule has 3 rings (SSSR count). The van der Waals surface area contributed by atoms with Crippen molar-refractivity contribution in [2.75, 3.05) is 0 Å². The largest absolute Gasteiger partial charge is 0.481 e. The number of carboxylic acid groups (broad SMARTS) is 1. The van der Waals surface area contributed by atoms with Crippen molar-refractivity contribution in [3.8, 4) is 0 Å². The molecule has 1 aromatic carbocycles. The first-order valence-corrected chi connectivity index (χ1v) is 6.43. The van der Waals surface area contributed by atoms with Crippen LogP contribution in [0.5, 0.6) is 0 Å². The van der Waals surface area contributed by atoms with Gasteiger partial charge in [-0.3, -0.25) is 4.79 Å². The van der Waals surface area contributed by atoms with Gasteiger partial charge in [-0.1, -0.05) is 11.6 Å². The average Bonchev–Trinajstić information content (AvgIpc) is 3.06. The Morgan fingerprint density at radius 2 is 2.22 bits per heavy atom. The summed E-state index contributed by atoms with van der Waals surface area (Å²) in [6, 6.07) is 5.64. The number of nitrogens with zero attached hydrogens (tertiary/aromatic N) is 1. The first-order valence-electron chi connectivity index (χ1n) is 6.05. The van der Waals surface area contributed by atoms with Crippen molar-refractivity contribution in [1.82, 2.24) is 4.57 Å². The lowest BCUT2D eigenvalue weighted by Gasteiger charge is -2.09. The topological polar surface area (TPSA) is 42.2 Å². The number of carboxylic acids is 1. The van der Waals surface area contributed by atoms with E-state index in [1.807, 2.05) is 36.0 Å². The minimum Gasteiger partial charge on any atom is -0.481 e. The van der Waals surface area contributed by atoms with Crippen LogP contribution < -0.4 is 0 Å². The first kappa shape index (κ1) is 11.6. The maximum absolute atomic E-state index is 11.5. The molecule has 1 aliphatic rings. The van der Waals surface area contributed by atoms with Gasteiger partial charge >= 0.3 is 5.97 Å². The fourth-order valence-electron chi connectivity index (χ4n) is 2.66. The molecule has 3 nitrogen and oxygen atoms in total. The lowest BCUT2D eigenvalue weighted by atomic mass is 9.94. The van der Waals surface area contributed by atoms with Crippen LogP contribution in [0.2, 0.25) is 5.02 Å². The zero-order valence-electron chi connectivity index (χ0n) is 10.1. The molecule has 0 amide bonds. The summed E-state index contributed by atoms with van der Waals surface area (Å²) in [5.74, 6) is -0.843. The summed E-state index contributed by atoms with van der Waals surface area (Å²) in [4.78, 5) is 11.5. The monoisotopic (exact) mass is 263 g/mol. The molecule has 4 heteroatoms. The zero-order chi connectivity index (χ0) is 12.9. The van der Waals surface area contributed by atoms with E-state index in [4.69, 9.17) is 11.6 Å². The number of fused-ring (bicyclic) bond motifs is 1. The van der Waals surface area contributed by atoms with Crippen molar-refractivity contribution in [2.45, 2.75) is 18.8 Å². The van der Waals surface area contributed by atoms with E-state index in [0.29, 0.717) is 5.02 Å². The maximum atomic E-state index is 11.5. The van der Waals surface area contributed by atoms with Gasteiger partial charge in [-0.15, -0.1) is 0 Å². The summed E-state index contributed by atoms with van der Waals surface area (Å²) in [6.07, 6.45) is 3.94. The molecule has 1 atom stereocenters. The second-order valence-electron chi connectivity index (χ2n) is 5.01. The number of hydrogen-bond acceptors (Lipinski definition) is 1. The van der Waals surface area contributed by atoms with Crippen LogP contribution in [0.1, 0.15) is 24.3 Å². The van der Waals surface area contributed by atoms with Gasteiger partial charge < -0.3 is 9.67 Å². The Morgan fingerprint density at radius 3 is 2.83 bits per heavy atom. The summed E-state index contributed by atoms with van der Waals surface area (Å²) in [5.41, 5.74) is 1.92. The highest BCUT2D eigenvalue weighted by Crippen LogP contribution is 2.45. The molecule has 1 unspecified atom stereocenters. The molecule has 1 saturated carbocycles. The molecule has 1 aromatic heterocycles. The van der Waals surface area contributed by atoms with Crippen molar-refractivity contribution >= 4 is 28.5 Å². The molecular weight excluding hydrogens is 250 g/mol. The number of rotatable bonds is 3. The summed E-state index contributed by atoms with van der Waals surface area (Å²) in [6.45, 7) is 0. The Morgan fingerprint density at radius 1 is 1.50 bits per heavy atom. The SMILES string of the molecule is Cn1cc(C(C(=O)O)C2CC2)c2cc(Cl)ccc21. The third-order valence-corrected chi connectivity index (χ3v) is 3.91. The van der Waals surface area contributed by atoms with Gasteiger partial charge in [0.2, 0.25) is 0 Å². The van der Waals surface area contributed by atoms with Crippen molar-refractivity contribution < 1.29 is 9.90 Å². The van der Waals surface area contributed by atoms with Crippen LogP contribution in [0.3, 0.4) is 0 Å². The molecule has 0 radical (unpaired) electrons. The van der Waals surface area contributed by atoms with Crippen LogP contribution in [-0.2, 0) is 11.8 Å². The Balaban J connectivity index is 2.21. The van der Waals surface area contributed by atoms with E-state index in [9.17, 15) is 9.90 Å². The van der Waals surface area contributed by atoms with Crippen LogP contribution in [0.25, 0.3) is 10.9 Å². The van der Waals surface area contributed by atoms with Crippen LogP contribution in [0.4, 0.5) is 0 Å². The van der Waals surface area contributed by atoms with Gasteiger partial charge in [0.25, 0.3) is 0 Å². The number of aryl methyl sites for hydroxylation is 1. The number of aliphatic carboxylic acids is 1. The normalized spacial score (nSPS) is 17.0. The third kappa shape index (κ3) is 1.79. The fraction of sp³-hybridized carbons (Fsp3) is 0.357. The van der Waals surface area contributed by atoms with Gasteiger partial charge in [0.15, 0.2) is 0 Å². The second-order valence-corrected chi connectivity index (χ2v) is 5.45. The summed E-state index contributed by atoms with van der Waals surface area (Å²) in [5, 5.41) is 11.0. The van der Waals surface area contributed by atoms with Crippen molar-refractivity contribution in [3.05, 3.63) is 35.0 Å². The summed E-state index contributed by atoms with van der Waals surface area (Å²) in [7, 11) is 1.94. The van der Waals surface area contributed by atoms with E-state index in [-0.39, 0.29) is 5.92 Å². The van der Waals surface area contributed by atoms with Gasteiger partial charge in [-0.2, -0.15) is 0 Å². The maximum Gasteiger partial charge on any atom is 0.311 e. The van der Waals surface area contributed by atoms with Gasteiger partial charge in [0, 0.05) is 29.2 Å². The molecule has 0 aliphatic heterocycles. The van der Waals surface area contributed by atoms with E-state index in [1.54, 1.807) is 0 Å². The highest BCUT2D eigenvalue weighted by molar-refractivity contribution is 6.31. The van der Waals surface area contributed by atoms with Gasteiger partial charge in [-0.05, 0) is 42.5 Å². The van der Waals surface area contributed by atoms with Crippen molar-refractivity contribution in [1.29, 1.82) is 0 Å². The molecule has 94 valence electrons. The summed E-state index contributed by atoms with van der Waals surface area (Å²) >= 11 is 6.02. The van der Waals surface area contributed by atoms with Gasteiger partial charge in [-0.25, -0.2) is 0 Å². The minimum atomic E-state index is -0.732. The second kappa shape index (κ2) is 4.02. The zero-order valence-corrected chi connectivity index (χ0v) is 10.8. The average molecular weight is 264 g/mol. The van der Waals surface area contributed by atoms with Crippen LogP contribution in [0, 0.1) is 5.92 Å². The Bertz CT molecular complexity index is 628. The molecule has 0 bridgehead atoms. The Kier molecular flexibility index (Phi) is 2.59. The predicted octanol–water partition coefficient (Wildman–Crippen LogP) is 3.41. The quantitative estimate of drug-likeness (QED) is 0.922. The van der Waals surface area contributed by atoms with Gasteiger partial charge in [0.1, 0.15) is 0 Å². The Hall–Kier alpha value is -1.48. The van der Waals surface area contributed by atoms with E-state index in [1.165, 1.54) is 0 Å². The summed E-state index contributed by atoms with van der Waals surface area (Å²) < 4.78 is 1.97. The van der Waals surface area contributed by atoms with Crippen molar-refractivity contribution in [3.63, 3.8) is 0 Å². The highest BCUT2D eigenvalue weighted by atomic mass is 35.5. The van der Waals surface area contributed by atoms with E-state index in [2.05, 4.69) is 0 Å². The molecule has 18 heavy (non-hydrogen) atoms. The standard InChI is InChI=1S/C14H14ClNO2/c1-16-7-11(13(14(17)18)8-2-3-8)10-6-9(15)4-5-12(10)16/h4-8,13H,2-3H2,1H3,(H,17,18). The highest BCUT2D eigenvalue weighted by Gasteiger charge is 2.38. The van der Waals surface area contributed by atoms with E-state index < -0.39 is 11.9 Å². The molecule has 2 aromatic rings. The fourth-order valence-corrected chi connectivity index (χ4v) is 2.83. The Labute approximate surface area is 110 Å². The van der Waals surface area contributed by atoms with Gasteiger partial charge in [0.05, 0.1) is 5.92 Å². The van der Waals surface area contributed by atoms with Crippen LogP contribution >= 0.6 is 11.6 Å². The van der Waals surface area contributed by atoms with Crippen LogP contribution in [-0.4, -0.2) is 15.6 Å². The molecule has 1 N–H and O–H groups in total. The molecule has 0 saturated heterocycles. The van der Waals surface area contributed by atoms with Crippen molar-refractivity contribution in [2.24, 2.45) is 13.0 Å².